The Labute approximate surface area is 170 Å². The Morgan fingerprint density at radius 3 is 1.93 bits per heavy atom. The lowest BCUT2D eigenvalue weighted by Gasteiger charge is -2.32. The Morgan fingerprint density at radius 1 is 1.04 bits per heavy atom. The molecule has 2 saturated heterocycles. The SMILES string of the molecule is CC(C)(C)OC=O.CC1(C)OB(c2ccc(N3CCNCC3)cc2)OC1(C)C. The van der Waals surface area contributed by atoms with Gasteiger partial charge < -0.3 is 24.3 Å². The fraction of sp³-hybridized carbons (Fsp3) is 0.667. The molecule has 0 bridgehead atoms. The van der Waals surface area contributed by atoms with Gasteiger partial charge in [-0.15, -0.1) is 0 Å². The zero-order valence-electron chi connectivity index (χ0n) is 18.4. The van der Waals surface area contributed by atoms with Crippen LogP contribution in [-0.2, 0) is 18.8 Å². The van der Waals surface area contributed by atoms with E-state index < -0.39 is 0 Å². The van der Waals surface area contributed by atoms with E-state index in [1.54, 1.807) is 0 Å². The molecule has 0 amide bonds. The lowest BCUT2D eigenvalue weighted by molar-refractivity contribution is -0.138. The van der Waals surface area contributed by atoms with Crippen LogP contribution in [0.5, 0.6) is 0 Å². The van der Waals surface area contributed by atoms with Crippen molar-refractivity contribution in [2.24, 2.45) is 0 Å². The normalized spacial score (nSPS) is 21.0. The Kier molecular flexibility index (Phi) is 7.18. The monoisotopic (exact) mass is 390 g/mol. The summed E-state index contributed by atoms with van der Waals surface area (Å²) in [5.74, 6) is 0. The van der Waals surface area contributed by atoms with E-state index in [1.807, 2.05) is 20.8 Å². The predicted molar refractivity (Wildman–Crippen MR) is 114 cm³/mol. The highest BCUT2D eigenvalue weighted by Gasteiger charge is 2.51. The maximum Gasteiger partial charge on any atom is 0.494 e. The molecule has 7 heteroatoms. The molecule has 1 aromatic rings. The standard InChI is InChI=1S/C16H25BN2O2.C5H10O2/c1-15(2)16(3,4)21-17(20-15)13-5-7-14(8-6-13)19-11-9-18-10-12-19;1-5(2,3)7-4-6/h5-8,18H,9-12H2,1-4H3;4H,1-3H3. The van der Waals surface area contributed by atoms with E-state index >= 15 is 0 Å². The van der Waals surface area contributed by atoms with E-state index in [0.717, 1.165) is 31.6 Å². The minimum Gasteiger partial charge on any atom is -0.462 e. The first-order valence-corrected chi connectivity index (χ1v) is 9.98. The smallest absolute Gasteiger partial charge is 0.462 e. The Bertz CT molecular complexity index is 619. The molecule has 0 atom stereocenters. The third-order valence-corrected chi connectivity index (χ3v) is 5.30. The Hall–Kier alpha value is -1.57. The second-order valence-electron chi connectivity index (χ2n) is 9.24. The number of nitrogens with one attached hydrogen (secondary N) is 1. The molecule has 1 aromatic carbocycles. The van der Waals surface area contributed by atoms with Crippen LogP contribution in [0.2, 0.25) is 0 Å². The van der Waals surface area contributed by atoms with Crippen molar-refractivity contribution in [1.82, 2.24) is 5.32 Å². The summed E-state index contributed by atoms with van der Waals surface area (Å²) in [5, 5.41) is 3.38. The summed E-state index contributed by atoms with van der Waals surface area (Å²) in [6.45, 7) is 18.5. The first-order valence-electron chi connectivity index (χ1n) is 9.98. The van der Waals surface area contributed by atoms with Crippen molar-refractivity contribution in [1.29, 1.82) is 0 Å². The molecule has 156 valence electrons. The maximum absolute atomic E-state index is 9.60. The van der Waals surface area contributed by atoms with Gasteiger partial charge >= 0.3 is 7.12 Å². The molecule has 3 rings (SSSR count). The van der Waals surface area contributed by atoms with E-state index in [-0.39, 0.29) is 23.9 Å². The van der Waals surface area contributed by atoms with E-state index in [2.05, 4.69) is 66.9 Å². The third kappa shape index (κ3) is 5.96. The number of hydrogen-bond donors (Lipinski definition) is 1. The van der Waals surface area contributed by atoms with Crippen LogP contribution in [0.15, 0.2) is 24.3 Å². The van der Waals surface area contributed by atoms with Gasteiger partial charge in [0.05, 0.1) is 11.2 Å². The minimum atomic E-state index is -0.318. The largest absolute Gasteiger partial charge is 0.494 e. The fourth-order valence-electron chi connectivity index (χ4n) is 2.89. The van der Waals surface area contributed by atoms with E-state index in [9.17, 15) is 4.79 Å². The Balaban J connectivity index is 0.000000345. The summed E-state index contributed by atoms with van der Waals surface area (Å²) in [6.07, 6.45) is 0. The molecular weight excluding hydrogens is 355 g/mol. The average molecular weight is 390 g/mol. The van der Waals surface area contributed by atoms with Gasteiger partial charge in [-0.05, 0) is 66.1 Å². The average Bonchev–Trinajstić information content (AvgIpc) is 2.83. The topological polar surface area (TPSA) is 60.0 Å². The van der Waals surface area contributed by atoms with E-state index in [4.69, 9.17) is 9.31 Å². The molecule has 28 heavy (non-hydrogen) atoms. The van der Waals surface area contributed by atoms with E-state index in [1.165, 1.54) is 5.69 Å². The molecule has 0 aromatic heterocycles. The van der Waals surface area contributed by atoms with Crippen molar-refractivity contribution >= 4 is 24.7 Å². The van der Waals surface area contributed by atoms with Crippen LogP contribution >= 0.6 is 0 Å². The van der Waals surface area contributed by atoms with Gasteiger partial charge in [-0.3, -0.25) is 4.79 Å². The Morgan fingerprint density at radius 2 is 1.54 bits per heavy atom. The molecule has 0 spiro atoms. The predicted octanol–water partition coefficient (Wildman–Crippen LogP) is 2.35. The molecule has 2 fully saturated rings. The van der Waals surface area contributed by atoms with Gasteiger partial charge in [-0.1, -0.05) is 12.1 Å². The number of anilines is 1. The third-order valence-electron chi connectivity index (χ3n) is 5.30. The van der Waals surface area contributed by atoms with Crippen LogP contribution in [0, 0.1) is 0 Å². The van der Waals surface area contributed by atoms with Crippen LogP contribution < -0.4 is 15.7 Å². The number of nitrogens with zero attached hydrogens (tertiary/aromatic N) is 1. The molecule has 2 aliphatic heterocycles. The van der Waals surface area contributed by atoms with Gasteiger partial charge in [0.2, 0.25) is 0 Å². The second-order valence-corrected chi connectivity index (χ2v) is 9.24. The maximum atomic E-state index is 9.60. The number of piperazine rings is 1. The number of carbonyl (C=O) groups is 1. The van der Waals surface area contributed by atoms with Crippen LogP contribution in [0.3, 0.4) is 0 Å². The summed E-state index contributed by atoms with van der Waals surface area (Å²) in [4.78, 5) is 12.0. The number of ether oxygens (including phenoxy) is 1. The van der Waals surface area contributed by atoms with Crippen molar-refractivity contribution < 1.29 is 18.8 Å². The van der Waals surface area contributed by atoms with Crippen LogP contribution in [0.4, 0.5) is 5.69 Å². The van der Waals surface area contributed by atoms with Gasteiger partial charge in [-0.2, -0.15) is 0 Å². The van der Waals surface area contributed by atoms with Gasteiger partial charge in [-0.25, -0.2) is 0 Å². The molecule has 2 aliphatic rings. The summed E-state index contributed by atoms with van der Waals surface area (Å²) >= 11 is 0. The zero-order valence-corrected chi connectivity index (χ0v) is 18.4. The number of hydrogen-bond acceptors (Lipinski definition) is 6. The molecule has 0 radical (unpaired) electrons. The molecule has 2 heterocycles. The van der Waals surface area contributed by atoms with Crippen molar-refractivity contribution in [3.8, 4) is 0 Å². The van der Waals surface area contributed by atoms with Crippen molar-refractivity contribution in [3.63, 3.8) is 0 Å². The highest BCUT2D eigenvalue weighted by atomic mass is 16.7. The zero-order chi connectivity index (χ0) is 21.0. The molecule has 0 aliphatic carbocycles. The highest BCUT2D eigenvalue weighted by molar-refractivity contribution is 6.62. The van der Waals surface area contributed by atoms with Crippen molar-refractivity contribution in [2.75, 3.05) is 31.1 Å². The minimum absolute atomic E-state index is 0.271. The van der Waals surface area contributed by atoms with Crippen molar-refractivity contribution in [3.05, 3.63) is 24.3 Å². The second kappa shape index (κ2) is 8.85. The lowest BCUT2D eigenvalue weighted by Crippen LogP contribution is -2.43. The molecular formula is C21H35BN2O4. The number of carbonyl (C=O) groups excluding carboxylic acids is 1. The van der Waals surface area contributed by atoms with Crippen LogP contribution in [0.25, 0.3) is 0 Å². The number of benzene rings is 1. The fourth-order valence-corrected chi connectivity index (χ4v) is 2.89. The highest BCUT2D eigenvalue weighted by Crippen LogP contribution is 2.36. The first-order chi connectivity index (χ1) is 13.0. The van der Waals surface area contributed by atoms with E-state index in [0.29, 0.717) is 6.47 Å². The lowest BCUT2D eigenvalue weighted by atomic mass is 9.79. The molecule has 0 saturated carbocycles. The molecule has 6 nitrogen and oxygen atoms in total. The van der Waals surface area contributed by atoms with Gasteiger partial charge in [0, 0.05) is 31.9 Å². The molecule has 1 N–H and O–H groups in total. The summed E-state index contributed by atoms with van der Waals surface area (Å²) in [6, 6.07) is 8.59. The summed E-state index contributed by atoms with van der Waals surface area (Å²) in [5.41, 5.74) is 1.48. The van der Waals surface area contributed by atoms with Crippen LogP contribution in [0.1, 0.15) is 48.5 Å². The van der Waals surface area contributed by atoms with Gasteiger partial charge in [0.25, 0.3) is 6.47 Å². The van der Waals surface area contributed by atoms with Gasteiger partial charge in [0.15, 0.2) is 0 Å². The number of rotatable bonds is 3. The first kappa shape index (κ1) is 22.7. The quantitative estimate of drug-likeness (QED) is 0.632. The van der Waals surface area contributed by atoms with Crippen LogP contribution in [-0.4, -0.2) is 56.6 Å². The van der Waals surface area contributed by atoms with Crippen molar-refractivity contribution in [2.45, 2.75) is 65.3 Å². The summed E-state index contributed by atoms with van der Waals surface area (Å²) in [7, 11) is -0.271. The summed E-state index contributed by atoms with van der Waals surface area (Å²) < 4.78 is 16.7. The molecule has 0 unspecified atom stereocenters. The van der Waals surface area contributed by atoms with Gasteiger partial charge in [0.1, 0.15) is 5.60 Å².